The first-order valence-corrected chi connectivity index (χ1v) is 5.15. The number of unbranched alkanes of at least 4 members (excludes halogenated alkanes) is 1. The number of nitrogens with two attached hydrogens (primary N) is 1. The largest absolute Gasteiger partial charge is 0.368 e. The van der Waals surface area contributed by atoms with Crippen LogP contribution in [0.5, 0.6) is 0 Å². The van der Waals surface area contributed by atoms with Gasteiger partial charge < -0.3 is 11.1 Å². The number of carbonyl (C=O) groups excluding carboxylic acids is 2. The lowest BCUT2D eigenvalue weighted by Crippen LogP contribution is -2.40. The van der Waals surface area contributed by atoms with Crippen LogP contribution in [0.4, 0.5) is 0 Å². The first-order valence-electron chi connectivity index (χ1n) is 5.15. The predicted octanol–water partition coefficient (Wildman–Crippen LogP) is -0.292. The van der Waals surface area contributed by atoms with Gasteiger partial charge in [0.2, 0.25) is 11.8 Å². The topological polar surface area (TPSA) is 75.4 Å². The van der Waals surface area contributed by atoms with Crippen molar-refractivity contribution in [2.24, 2.45) is 5.73 Å². The smallest absolute Gasteiger partial charge is 0.234 e. The van der Waals surface area contributed by atoms with Crippen LogP contribution in [-0.4, -0.2) is 43.4 Å². The number of hydrogen-bond donors (Lipinski definition) is 2. The highest BCUT2D eigenvalue weighted by Crippen LogP contribution is 2.04. The van der Waals surface area contributed by atoms with E-state index in [9.17, 15) is 9.59 Å². The van der Waals surface area contributed by atoms with Crippen LogP contribution in [0.15, 0.2) is 0 Å². The van der Waals surface area contributed by atoms with E-state index in [0.717, 1.165) is 19.3 Å². The minimum atomic E-state index is -0.292. The van der Waals surface area contributed by atoms with Crippen LogP contribution in [0.25, 0.3) is 0 Å². The molecular weight excluding hydrogens is 194 g/mol. The first kappa shape index (κ1) is 13.9. The van der Waals surface area contributed by atoms with E-state index in [1.54, 1.807) is 0 Å². The van der Waals surface area contributed by atoms with Crippen molar-refractivity contribution in [3.05, 3.63) is 0 Å². The van der Waals surface area contributed by atoms with E-state index in [1.165, 1.54) is 6.92 Å². The van der Waals surface area contributed by atoms with Crippen molar-refractivity contribution in [1.82, 2.24) is 10.2 Å². The lowest BCUT2D eigenvalue weighted by molar-refractivity contribution is -0.122. The van der Waals surface area contributed by atoms with Crippen LogP contribution in [0, 0.1) is 0 Å². The molecule has 5 heteroatoms. The summed E-state index contributed by atoms with van der Waals surface area (Å²) in [4.78, 5) is 23.4. The van der Waals surface area contributed by atoms with Gasteiger partial charge in [-0.3, -0.25) is 14.5 Å². The Morgan fingerprint density at radius 1 is 1.33 bits per heavy atom. The third-order valence-corrected chi connectivity index (χ3v) is 2.23. The molecule has 0 radical (unpaired) electrons. The van der Waals surface area contributed by atoms with Crippen molar-refractivity contribution in [3.63, 3.8) is 0 Å². The third kappa shape index (κ3) is 6.90. The van der Waals surface area contributed by atoms with E-state index in [-0.39, 0.29) is 17.9 Å². The van der Waals surface area contributed by atoms with Gasteiger partial charge in [-0.05, 0) is 33.4 Å². The van der Waals surface area contributed by atoms with Gasteiger partial charge in [0.25, 0.3) is 0 Å². The predicted molar refractivity (Wildman–Crippen MR) is 59.2 cm³/mol. The first-order chi connectivity index (χ1) is 6.95. The molecule has 0 aromatic carbocycles. The summed E-state index contributed by atoms with van der Waals surface area (Å²) in [5.41, 5.74) is 5.25. The normalized spacial score (nSPS) is 12.5. The molecular formula is C10H21N3O2. The average Bonchev–Trinajstić information content (AvgIpc) is 2.08. The molecule has 0 rings (SSSR count). The lowest BCUT2D eigenvalue weighted by Gasteiger charge is -2.20. The molecule has 3 N–H and O–H groups in total. The van der Waals surface area contributed by atoms with Crippen LogP contribution in [-0.2, 0) is 9.59 Å². The van der Waals surface area contributed by atoms with Crippen molar-refractivity contribution in [2.75, 3.05) is 20.6 Å². The summed E-state index contributed by atoms with van der Waals surface area (Å²) in [6.07, 6.45) is 2.49. The number of hydrogen-bond acceptors (Lipinski definition) is 3. The molecule has 0 bridgehead atoms. The maximum Gasteiger partial charge on any atom is 0.234 e. The van der Waals surface area contributed by atoms with Gasteiger partial charge in [-0.15, -0.1) is 0 Å². The second-order valence-corrected chi connectivity index (χ2v) is 3.86. The zero-order valence-corrected chi connectivity index (χ0v) is 9.75. The third-order valence-electron chi connectivity index (χ3n) is 2.23. The molecule has 88 valence electrons. The molecule has 0 fully saturated rings. The number of carbonyl (C=O) groups is 2. The highest BCUT2D eigenvalue weighted by molar-refractivity contribution is 5.79. The number of primary amides is 1. The molecule has 1 unspecified atom stereocenters. The zero-order chi connectivity index (χ0) is 11.8. The van der Waals surface area contributed by atoms with Gasteiger partial charge >= 0.3 is 0 Å². The van der Waals surface area contributed by atoms with E-state index < -0.39 is 0 Å². The molecule has 0 aliphatic carbocycles. The molecule has 0 aromatic heterocycles. The van der Waals surface area contributed by atoms with E-state index in [0.29, 0.717) is 6.54 Å². The Kier molecular flexibility index (Phi) is 6.70. The van der Waals surface area contributed by atoms with E-state index in [4.69, 9.17) is 5.73 Å². The van der Waals surface area contributed by atoms with Gasteiger partial charge in [-0.1, -0.05) is 0 Å². The minimum Gasteiger partial charge on any atom is -0.368 e. The second kappa shape index (κ2) is 7.23. The Balaban J connectivity index is 3.63. The van der Waals surface area contributed by atoms with Gasteiger partial charge in [-0.2, -0.15) is 0 Å². The van der Waals surface area contributed by atoms with E-state index >= 15 is 0 Å². The molecule has 5 nitrogen and oxygen atoms in total. The number of rotatable bonds is 7. The molecule has 0 saturated heterocycles. The SMILES string of the molecule is CC(=O)NCCCCC(C(N)=O)N(C)C. The van der Waals surface area contributed by atoms with E-state index in [2.05, 4.69) is 5.32 Å². The van der Waals surface area contributed by atoms with Gasteiger partial charge in [-0.25, -0.2) is 0 Å². The average molecular weight is 215 g/mol. The van der Waals surface area contributed by atoms with Crippen molar-refractivity contribution in [3.8, 4) is 0 Å². The number of nitrogens with zero attached hydrogens (tertiary/aromatic N) is 1. The molecule has 0 aliphatic rings. The molecule has 0 aromatic rings. The van der Waals surface area contributed by atoms with Crippen LogP contribution in [0.1, 0.15) is 26.2 Å². The molecule has 0 saturated carbocycles. The Labute approximate surface area is 91.0 Å². The van der Waals surface area contributed by atoms with Crippen LogP contribution >= 0.6 is 0 Å². The fourth-order valence-electron chi connectivity index (χ4n) is 1.38. The van der Waals surface area contributed by atoms with Crippen LogP contribution in [0.2, 0.25) is 0 Å². The molecule has 15 heavy (non-hydrogen) atoms. The Morgan fingerprint density at radius 2 is 1.93 bits per heavy atom. The van der Waals surface area contributed by atoms with Crippen LogP contribution in [0.3, 0.4) is 0 Å². The fraction of sp³-hybridized carbons (Fsp3) is 0.800. The van der Waals surface area contributed by atoms with Gasteiger partial charge in [0.15, 0.2) is 0 Å². The number of likely N-dealkylation sites (N-methyl/N-ethyl adjacent to an activating group) is 1. The van der Waals surface area contributed by atoms with Crippen molar-refractivity contribution in [2.45, 2.75) is 32.2 Å². The standard InChI is InChI=1S/C10H21N3O2/c1-8(14)12-7-5-4-6-9(10(11)15)13(2)3/h9H,4-7H2,1-3H3,(H2,11,15)(H,12,14). The number of nitrogens with one attached hydrogen (secondary N) is 1. The quantitative estimate of drug-likeness (QED) is 0.573. The van der Waals surface area contributed by atoms with Gasteiger partial charge in [0, 0.05) is 13.5 Å². The summed E-state index contributed by atoms with van der Waals surface area (Å²) in [6, 6.07) is -0.206. The summed E-state index contributed by atoms with van der Waals surface area (Å²) in [7, 11) is 3.67. The summed E-state index contributed by atoms with van der Waals surface area (Å²) >= 11 is 0. The summed E-state index contributed by atoms with van der Waals surface area (Å²) in [5, 5.41) is 2.71. The highest BCUT2D eigenvalue weighted by atomic mass is 16.2. The van der Waals surface area contributed by atoms with Gasteiger partial charge in [0.05, 0.1) is 6.04 Å². The molecule has 0 heterocycles. The van der Waals surface area contributed by atoms with Crippen molar-refractivity contribution < 1.29 is 9.59 Å². The number of amides is 2. The summed E-state index contributed by atoms with van der Waals surface area (Å²) in [6.45, 7) is 2.15. The maximum absolute atomic E-state index is 11.0. The Hall–Kier alpha value is -1.10. The van der Waals surface area contributed by atoms with Gasteiger partial charge in [0.1, 0.15) is 0 Å². The highest BCUT2D eigenvalue weighted by Gasteiger charge is 2.16. The summed E-state index contributed by atoms with van der Waals surface area (Å²) < 4.78 is 0. The Bertz CT molecular complexity index is 217. The van der Waals surface area contributed by atoms with Crippen molar-refractivity contribution >= 4 is 11.8 Å². The summed E-state index contributed by atoms with van der Waals surface area (Å²) in [5.74, 6) is -0.311. The lowest BCUT2D eigenvalue weighted by atomic mass is 10.1. The van der Waals surface area contributed by atoms with Crippen molar-refractivity contribution in [1.29, 1.82) is 0 Å². The molecule has 0 aliphatic heterocycles. The van der Waals surface area contributed by atoms with Crippen LogP contribution < -0.4 is 11.1 Å². The fourth-order valence-corrected chi connectivity index (χ4v) is 1.38. The monoisotopic (exact) mass is 215 g/mol. The second-order valence-electron chi connectivity index (χ2n) is 3.86. The minimum absolute atomic E-state index is 0.0194. The Morgan fingerprint density at radius 3 is 2.33 bits per heavy atom. The zero-order valence-electron chi connectivity index (χ0n) is 9.75. The molecule has 2 amide bonds. The maximum atomic E-state index is 11.0. The molecule has 1 atom stereocenters. The van der Waals surface area contributed by atoms with E-state index in [1.807, 2.05) is 19.0 Å². The molecule has 0 spiro atoms.